The summed E-state index contributed by atoms with van der Waals surface area (Å²) in [6.45, 7) is 6.18. The molecule has 0 amide bonds. The first-order valence-electron chi connectivity index (χ1n) is 7.08. The highest BCUT2D eigenvalue weighted by atomic mass is 16.5. The molecule has 0 bridgehead atoms. The highest BCUT2D eigenvalue weighted by Gasteiger charge is 2.20. The Hall–Kier alpha value is -2.07. The number of nitrogens with two attached hydrogens (primary N) is 1. The van der Waals surface area contributed by atoms with E-state index in [-0.39, 0.29) is 5.56 Å². The summed E-state index contributed by atoms with van der Waals surface area (Å²) < 4.78 is 7.27. The predicted octanol–water partition coefficient (Wildman–Crippen LogP) is 2.64. The van der Waals surface area contributed by atoms with Crippen LogP contribution < -0.4 is 16.0 Å². The Morgan fingerprint density at radius 2 is 1.86 bits per heavy atom. The van der Waals surface area contributed by atoms with Crippen molar-refractivity contribution in [3.63, 3.8) is 0 Å². The Balaban J connectivity index is 2.62. The third kappa shape index (κ3) is 3.00. The van der Waals surface area contributed by atoms with Crippen LogP contribution in [0.3, 0.4) is 0 Å². The van der Waals surface area contributed by atoms with Gasteiger partial charge in [-0.25, -0.2) is 0 Å². The molecule has 0 aliphatic rings. The van der Waals surface area contributed by atoms with E-state index in [9.17, 15) is 4.79 Å². The lowest BCUT2D eigenvalue weighted by Gasteiger charge is -2.21. The molecule has 1 aromatic carbocycles. The number of rotatable bonds is 4. The Bertz CT molecular complexity index is 697. The smallest absolute Gasteiger partial charge is 0.255 e. The predicted molar refractivity (Wildman–Crippen MR) is 85.5 cm³/mol. The minimum absolute atomic E-state index is 0.0775. The number of nitrogens with zero attached hydrogens (tertiary/aromatic N) is 1. The topological polar surface area (TPSA) is 57.2 Å². The summed E-state index contributed by atoms with van der Waals surface area (Å²) >= 11 is 0. The van der Waals surface area contributed by atoms with Crippen molar-refractivity contribution in [2.75, 3.05) is 6.61 Å². The van der Waals surface area contributed by atoms with Crippen LogP contribution in [0.15, 0.2) is 41.2 Å². The first kappa shape index (κ1) is 15.3. The molecule has 1 aromatic heterocycles. The zero-order chi connectivity index (χ0) is 15.6. The van der Waals surface area contributed by atoms with Crippen LogP contribution in [0.25, 0.3) is 11.3 Å². The molecule has 4 nitrogen and oxygen atoms in total. The molecule has 0 saturated carbocycles. The van der Waals surface area contributed by atoms with Crippen LogP contribution in [-0.2, 0) is 12.6 Å². The molecule has 0 spiro atoms. The zero-order valence-electron chi connectivity index (χ0n) is 13.0. The van der Waals surface area contributed by atoms with Gasteiger partial charge in [0.25, 0.3) is 5.56 Å². The molecular weight excluding hydrogens is 264 g/mol. The molecule has 0 fully saturated rings. The molecule has 2 rings (SSSR count). The van der Waals surface area contributed by atoms with Gasteiger partial charge in [-0.05, 0) is 45.0 Å². The number of benzene rings is 1. The van der Waals surface area contributed by atoms with Crippen molar-refractivity contribution in [3.05, 3.63) is 52.3 Å². The lowest BCUT2D eigenvalue weighted by atomic mass is 9.96. The molecule has 0 aliphatic carbocycles. The van der Waals surface area contributed by atoms with Crippen LogP contribution in [-0.4, -0.2) is 11.2 Å². The average molecular weight is 286 g/mol. The van der Waals surface area contributed by atoms with E-state index in [4.69, 9.17) is 10.5 Å². The number of hydrogen-bond acceptors (Lipinski definition) is 3. The summed E-state index contributed by atoms with van der Waals surface area (Å²) in [5.74, 6) is 0.773. The Morgan fingerprint density at radius 1 is 1.19 bits per heavy atom. The SMILES string of the molecule is CCOc1ccccc1-c1ccc(C(C)(C)N)c(=O)n1C. The number of para-hydroxylation sites is 1. The van der Waals surface area contributed by atoms with E-state index in [2.05, 4.69) is 0 Å². The molecule has 0 aliphatic heterocycles. The van der Waals surface area contributed by atoms with E-state index >= 15 is 0 Å². The maximum atomic E-state index is 12.5. The van der Waals surface area contributed by atoms with Crippen LogP contribution >= 0.6 is 0 Å². The highest BCUT2D eigenvalue weighted by molar-refractivity contribution is 5.67. The van der Waals surface area contributed by atoms with Gasteiger partial charge in [-0.1, -0.05) is 12.1 Å². The lowest BCUT2D eigenvalue weighted by molar-refractivity contribution is 0.341. The second kappa shape index (κ2) is 5.74. The first-order valence-corrected chi connectivity index (χ1v) is 7.08. The van der Waals surface area contributed by atoms with E-state index in [0.717, 1.165) is 17.0 Å². The third-order valence-corrected chi connectivity index (χ3v) is 3.46. The summed E-state index contributed by atoms with van der Waals surface area (Å²) in [5.41, 5.74) is 7.64. The van der Waals surface area contributed by atoms with Gasteiger partial charge in [-0.3, -0.25) is 4.79 Å². The van der Waals surface area contributed by atoms with Crippen LogP contribution in [0.1, 0.15) is 26.3 Å². The number of aromatic nitrogens is 1. The highest BCUT2D eigenvalue weighted by Crippen LogP contribution is 2.29. The fraction of sp³-hybridized carbons (Fsp3) is 0.353. The zero-order valence-corrected chi connectivity index (χ0v) is 13.0. The Kier molecular flexibility index (Phi) is 4.19. The van der Waals surface area contributed by atoms with Crippen LogP contribution in [0.2, 0.25) is 0 Å². The van der Waals surface area contributed by atoms with Gasteiger partial charge in [-0.2, -0.15) is 0 Å². The van der Waals surface area contributed by atoms with E-state index in [1.54, 1.807) is 17.7 Å². The maximum absolute atomic E-state index is 12.5. The Morgan fingerprint density at radius 3 is 2.48 bits per heavy atom. The number of ether oxygens (including phenoxy) is 1. The number of pyridine rings is 1. The maximum Gasteiger partial charge on any atom is 0.255 e. The van der Waals surface area contributed by atoms with Crippen LogP contribution in [0.5, 0.6) is 5.75 Å². The first-order chi connectivity index (χ1) is 9.86. The average Bonchev–Trinajstić information content (AvgIpc) is 2.42. The van der Waals surface area contributed by atoms with Crippen molar-refractivity contribution in [1.82, 2.24) is 4.57 Å². The second-order valence-corrected chi connectivity index (χ2v) is 5.65. The van der Waals surface area contributed by atoms with Gasteiger partial charge in [0.2, 0.25) is 0 Å². The second-order valence-electron chi connectivity index (χ2n) is 5.65. The van der Waals surface area contributed by atoms with Crippen molar-refractivity contribution in [2.24, 2.45) is 12.8 Å². The monoisotopic (exact) mass is 286 g/mol. The van der Waals surface area contributed by atoms with Gasteiger partial charge < -0.3 is 15.0 Å². The van der Waals surface area contributed by atoms with E-state index < -0.39 is 5.54 Å². The molecule has 4 heteroatoms. The molecule has 2 aromatic rings. The lowest BCUT2D eigenvalue weighted by Crippen LogP contribution is -2.37. The summed E-state index contributed by atoms with van der Waals surface area (Å²) in [6, 6.07) is 11.4. The van der Waals surface area contributed by atoms with Crippen molar-refractivity contribution in [1.29, 1.82) is 0 Å². The summed E-state index contributed by atoms with van der Waals surface area (Å²) in [6.07, 6.45) is 0. The van der Waals surface area contributed by atoms with Crippen LogP contribution in [0.4, 0.5) is 0 Å². The minimum Gasteiger partial charge on any atom is -0.493 e. The largest absolute Gasteiger partial charge is 0.493 e. The van der Waals surface area contributed by atoms with Gasteiger partial charge in [-0.15, -0.1) is 0 Å². The number of hydrogen-bond donors (Lipinski definition) is 1. The molecule has 0 atom stereocenters. The van der Waals surface area contributed by atoms with Gasteiger partial charge >= 0.3 is 0 Å². The Labute approximate surface area is 125 Å². The quantitative estimate of drug-likeness (QED) is 0.940. The molecule has 0 unspecified atom stereocenters. The van der Waals surface area contributed by atoms with Crippen molar-refractivity contribution in [3.8, 4) is 17.0 Å². The van der Waals surface area contributed by atoms with Gasteiger partial charge in [0, 0.05) is 23.7 Å². The van der Waals surface area contributed by atoms with E-state index in [0.29, 0.717) is 12.2 Å². The van der Waals surface area contributed by atoms with Crippen LogP contribution in [0, 0.1) is 0 Å². The fourth-order valence-corrected chi connectivity index (χ4v) is 2.36. The summed E-state index contributed by atoms with van der Waals surface area (Å²) in [4.78, 5) is 12.5. The molecule has 0 radical (unpaired) electrons. The fourth-order valence-electron chi connectivity index (χ4n) is 2.36. The molecule has 1 heterocycles. The molecule has 0 saturated heterocycles. The summed E-state index contributed by atoms with van der Waals surface area (Å²) in [7, 11) is 1.76. The molecule has 2 N–H and O–H groups in total. The molecule has 112 valence electrons. The standard InChI is InChI=1S/C17H22N2O2/c1-5-21-15-9-7-6-8-12(15)14-11-10-13(17(2,3)18)16(20)19(14)4/h6-11H,5,18H2,1-4H3. The van der Waals surface area contributed by atoms with Gasteiger partial charge in [0.05, 0.1) is 12.3 Å². The van der Waals surface area contributed by atoms with Crippen molar-refractivity contribution < 1.29 is 4.74 Å². The van der Waals surface area contributed by atoms with Crippen molar-refractivity contribution >= 4 is 0 Å². The van der Waals surface area contributed by atoms with E-state index in [1.807, 2.05) is 51.1 Å². The van der Waals surface area contributed by atoms with Crippen molar-refractivity contribution in [2.45, 2.75) is 26.3 Å². The minimum atomic E-state index is -0.660. The summed E-state index contributed by atoms with van der Waals surface area (Å²) in [5, 5.41) is 0. The normalized spacial score (nSPS) is 11.5. The molecule has 21 heavy (non-hydrogen) atoms. The van der Waals surface area contributed by atoms with Gasteiger partial charge in [0.1, 0.15) is 5.75 Å². The van der Waals surface area contributed by atoms with Gasteiger partial charge in [0.15, 0.2) is 0 Å². The third-order valence-electron chi connectivity index (χ3n) is 3.46. The molecular formula is C17H22N2O2. The van der Waals surface area contributed by atoms with E-state index in [1.165, 1.54) is 0 Å².